The van der Waals surface area contributed by atoms with E-state index in [-0.39, 0.29) is 5.48 Å². The summed E-state index contributed by atoms with van der Waals surface area (Å²) in [6.45, 7) is 1.93. The quantitative estimate of drug-likeness (QED) is 0.517. The Balaban J connectivity index is 0. The lowest BCUT2D eigenvalue weighted by Gasteiger charge is -2.22. The zero-order valence-electron chi connectivity index (χ0n) is 6.72. The first kappa shape index (κ1) is 11.6. The van der Waals surface area contributed by atoms with Gasteiger partial charge in [0.2, 0.25) is 0 Å². The van der Waals surface area contributed by atoms with Crippen molar-refractivity contribution in [1.82, 2.24) is 0 Å². The minimum Gasteiger partial charge on any atom is -0.870 e. The molecule has 9 heavy (non-hydrogen) atoms. The highest BCUT2D eigenvalue weighted by Gasteiger charge is 2.03. The third-order valence-electron chi connectivity index (χ3n) is 0.966. The largest absolute Gasteiger partial charge is 0.870 e. The van der Waals surface area contributed by atoms with Gasteiger partial charge in [-0.25, -0.2) is 0 Å². The highest BCUT2D eigenvalue weighted by Crippen LogP contribution is 1.87. The summed E-state index contributed by atoms with van der Waals surface area (Å²) in [4.78, 5) is 0. The van der Waals surface area contributed by atoms with Crippen molar-refractivity contribution in [2.75, 3.05) is 41.4 Å². The molecule has 0 aromatic rings. The summed E-state index contributed by atoms with van der Waals surface area (Å²) in [6, 6.07) is 0. The average molecular weight is 135 g/mol. The van der Waals surface area contributed by atoms with Crippen molar-refractivity contribution < 1.29 is 14.7 Å². The molecule has 3 heteroatoms. The third kappa shape index (κ3) is 11.4. The molecule has 0 saturated heterocycles. The van der Waals surface area contributed by atoms with Crippen molar-refractivity contribution in [3.63, 3.8) is 0 Å². The zero-order chi connectivity index (χ0) is 6.62. The molecule has 0 unspecified atom stereocenters. The Bertz CT molecular complexity index is 58.6. The van der Waals surface area contributed by atoms with Crippen LogP contribution in [0.5, 0.6) is 0 Å². The van der Waals surface area contributed by atoms with Crippen molar-refractivity contribution in [2.24, 2.45) is 0 Å². The fourth-order valence-corrected chi connectivity index (χ4v) is 0.365. The molecular formula is C6H17NO2. The maximum absolute atomic E-state index is 4.90. The summed E-state index contributed by atoms with van der Waals surface area (Å²) >= 11 is 0. The van der Waals surface area contributed by atoms with E-state index in [9.17, 15) is 0 Å². The van der Waals surface area contributed by atoms with Gasteiger partial charge in [0.1, 0.15) is 6.54 Å². The van der Waals surface area contributed by atoms with Crippen LogP contribution in [0, 0.1) is 0 Å². The van der Waals surface area contributed by atoms with Crippen molar-refractivity contribution in [2.45, 2.75) is 0 Å². The van der Waals surface area contributed by atoms with Crippen LogP contribution in [0.1, 0.15) is 0 Å². The molecule has 0 bridgehead atoms. The lowest BCUT2D eigenvalue weighted by molar-refractivity contribution is -0.870. The summed E-state index contributed by atoms with van der Waals surface area (Å²) in [6.07, 6.45) is 0. The minimum absolute atomic E-state index is 0. The average Bonchev–Trinajstić information content (AvgIpc) is 1.59. The van der Waals surface area contributed by atoms with Gasteiger partial charge >= 0.3 is 0 Å². The number of ether oxygens (including phenoxy) is 1. The van der Waals surface area contributed by atoms with Crippen molar-refractivity contribution in [3.8, 4) is 0 Å². The highest BCUT2D eigenvalue weighted by atomic mass is 16.5. The number of quaternary nitrogens is 1. The Morgan fingerprint density at radius 1 is 1.22 bits per heavy atom. The molecule has 58 valence electrons. The second-order valence-corrected chi connectivity index (χ2v) is 3.01. The lowest BCUT2D eigenvalue weighted by atomic mass is 10.5. The molecule has 0 rings (SSSR count). The Morgan fingerprint density at radius 2 is 1.67 bits per heavy atom. The number of hydrogen-bond acceptors (Lipinski definition) is 2. The van der Waals surface area contributed by atoms with Gasteiger partial charge in [0.25, 0.3) is 0 Å². The SMILES string of the molecule is COCC[N+](C)(C)C.[OH-]. The predicted octanol–water partition coefficient (Wildman–Crippen LogP) is 0.162. The molecule has 0 spiro atoms. The van der Waals surface area contributed by atoms with E-state index in [1.165, 1.54) is 0 Å². The van der Waals surface area contributed by atoms with Gasteiger partial charge in [-0.1, -0.05) is 0 Å². The summed E-state index contributed by atoms with van der Waals surface area (Å²) in [7, 11) is 8.19. The van der Waals surface area contributed by atoms with Gasteiger partial charge in [0.05, 0.1) is 27.7 Å². The molecule has 1 N–H and O–H groups in total. The molecule has 3 nitrogen and oxygen atoms in total. The Kier molecular flexibility index (Phi) is 6.12. The van der Waals surface area contributed by atoms with Gasteiger partial charge in [-0.3, -0.25) is 0 Å². The van der Waals surface area contributed by atoms with E-state index >= 15 is 0 Å². The summed E-state index contributed by atoms with van der Waals surface area (Å²) < 4.78 is 5.88. The minimum atomic E-state index is 0. The molecule has 0 aliphatic carbocycles. The fourth-order valence-electron chi connectivity index (χ4n) is 0.365. The first-order valence-electron chi connectivity index (χ1n) is 2.85. The van der Waals surface area contributed by atoms with Crippen LogP contribution in [0.3, 0.4) is 0 Å². The maximum atomic E-state index is 4.90. The van der Waals surface area contributed by atoms with Crippen LogP contribution in [0.25, 0.3) is 0 Å². The van der Waals surface area contributed by atoms with Crippen molar-refractivity contribution in [3.05, 3.63) is 0 Å². The highest BCUT2D eigenvalue weighted by molar-refractivity contribution is 4.22. The van der Waals surface area contributed by atoms with E-state index in [4.69, 9.17) is 4.74 Å². The number of likely N-dealkylation sites (N-methyl/N-ethyl adjacent to an activating group) is 1. The van der Waals surface area contributed by atoms with E-state index < -0.39 is 0 Å². The summed E-state index contributed by atoms with van der Waals surface area (Å²) in [5, 5.41) is 0. The second-order valence-electron chi connectivity index (χ2n) is 3.01. The number of hydrogen-bond donors (Lipinski definition) is 0. The Hall–Kier alpha value is -0.120. The van der Waals surface area contributed by atoms with E-state index in [1.54, 1.807) is 7.11 Å². The van der Waals surface area contributed by atoms with E-state index in [0.717, 1.165) is 17.6 Å². The summed E-state index contributed by atoms with van der Waals surface area (Å²) in [5.74, 6) is 0. The maximum Gasteiger partial charge on any atom is 0.102 e. The number of rotatable bonds is 3. The Labute approximate surface area is 57.1 Å². The van der Waals surface area contributed by atoms with Crippen molar-refractivity contribution in [1.29, 1.82) is 0 Å². The van der Waals surface area contributed by atoms with Gasteiger partial charge < -0.3 is 14.7 Å². The first-order valence-corrected chi connectivity index (χ1v) is 2.85. The molecule has 0 aromatic heterocycles. The molecule has 0 fully saturated rings. The van der Waals surface area contributed by atoms with E-state index in [0.29, 0.717) is 0 Å². The van der Waals surface area contributed by atoms with E-state index in [1.807, 2.05) is 0 Å². The van der Waals surface area contributed by atoms with Gasteiger partial charge in [0, 0.05) is 7.11 Å². The standard InChI is InChI=1S/C6H16NO.H2O/c1-7(2,3)5-6-8-4;/h5-6H2,1-4H3;1H2/q+1;/p-1. The van der Waals surface area contributed by atoms with E-state index in [2.05, 4.69) is 21.1 Å². The van der Waals surface area contributed by atoms with Gasteiger partial charge in [-0.05, 0) is 0 Å². The number of methoxy groups -OCH3 is 1. The van der Waals surface area contributed by atoms with Crippen LogP contribution < -0.4 is 0 Å². The molecule has 0 amide bonds. The molecule has 0 aliphatic heterocycles. The topological polar surface area (TPSA) is 39.2 Å². The smallest absolute Gasteiger partial charge is 0.102 e. The molecule has 0 aliphatic rings. The van der Waals surface area contributed by atoms with Crippen LogP contribution in [-0.4, -0.2) is 51.4 Å². The van der Waals surface area contributed by atoms with Gasteiger partial charge in [-0.15, -0.1) is 0 Å². The van der Waals surface area contributed by atoms with Crippen molar-refractivity contribution >= 4 is 0 Å². The monoisotopic (exact) mass is 135 g/mol. The Morgan fingerprint density at radius 3 is 1.78 bits per heavy atom. The normalized spacial score (nSPS) is 10.7. The molecule has 0 saturated carbocycles. The molecule has 0 radical (unpaired) electrons. The molecule has 0 heterocycles. The second kappa shape index (κ2) is 4.73. The van der Waals surface area contributed by atoms with Gasteiger partial charge in [0.15, 0.2) is 0 Å². The first-order chi connectivity index (χ1) is 3.56. The van der Waals surface area contributed by atoms with Crippen LogP contribution in [0.2, 0.25) is 0 Å². The van der Waals surface area contributed by atoms with Crippen LogP contribution >= 0.6 is 0 Å². The predicted molar refractivity (Wildman–Crippen MR) is 36.7 cm³/mol. The molecule has 0 atom stereocenters. The van der Waals surface area contributed by atoms with Gasteiger partial charge in [-0.2, -0.15) is 0 Å². The fraction of sp³-hybridized carbons (Fsp3) is 1.00. The van der Waals surface area contributed by atoms with Crippen LogP contribution in [-0.2, 0) is 4.74 Å². The molecule has 0 aromatic carbocycles. The third-order valence-corrected chi connectivity index (χ3v) is 0.966. The van der Waals surface area contributed by atoms with Crippen LogP contribution in [0.4, 0.5) is 0 Å². The number of nitrogens with zero attached hydrogens (tertiary/aromatic N) is 1. The lowest BCUT2D eigenvalue weighted by Crippen LogP contribution is -2.37. The van der Waals surface area contributed by atoms with Crippen LogP contribution in [0.15, 0.2) is 0 Å². The molecular weight excluding hydrogens is 118 g/mol. The zero-order valence-corrected chi connectivity index (χ0v) is 6.72. The summed E-state index contributed by atoms with van der Waals surface area (Å²) in [5.41, 5.74) is 0.